The van der Waals surface area contributed by atoms with Crippen molar-refractivity contribution < 1.29 is 24.2 Å². The number of para-hydroxylation sites is 1. The number of aromatic amines is 1. The van der Waals surface area contributed by atoms with Crippen molar-refractivity contribution in [3.05, 3.63) is 95.7 Å². The number of nitrogens with one attached hydrogen (secondary N) is 1. The summed E-state index contributed by atoms with van der Waals surface area (Å²) in [5.74, 6) is -0.462. The second kappa shape index (κ2) is 10.2. The maximum atomic E-state index is 13.5. The smallest absolute Gasteiger partial charge is 0.300 e. The molecule has 2 N–H and O–H groups in total. The van der Waals surface area contributed by atoms with Crippen LogP contribution in [0.5, 0.6) is 11.5 Å². The fraction of sp³-hybridized carbons (Fsp3) is 0.200. The van der Waals surface area contributed by atoms with Gasteiger partial charge in [-0.05, 0) is 55.8 Å². The van der Waals surface area contributed by atoms with Crippen LogP contribution in [0.2, 0.25) is 0 Å². The molecule has 1 saturated heterocycles. The number of aliphatic hydroxyl groups is 1. The average Bonchev–Trinajstić information content (AvgIpc) is 3.46. The number of rotatable bonds is 8. The van der Waals surface area contributed by atoms with Gasteiger partial charge in [-0.1, -0.05) is 37.3 Å². The molecular weight excluding hydrogens is 468 g/mol. The summed E-state index contributed by atoms with van der Waals surface area (Å²) in [4.78, 5) is 31.6. The first-order valence-electron chi connectivity index (χ1n) is 12.4. The Balaban J connectivity index is 1.68. The highest BCUT2D eigenvalue weighted by Crippen LogP contribution is 2.44. The summed E-state index contributed by atoms with van der Waals surface area (Å²) >= 11 is 0. The summed E-state index contributed by atoms with van der Waals surface area (Å²) in [5, 5.41) is 12.3. The minimum absolute atomic E-state index is 0.0243. The van der Waals surface area contributed by atoms with Crippen molar-refractivity contribution in [3.63, 3.8) is 0 Å². The molecule has 7 heteroatoms. The van der Waals surface area contributed by atoms with E-state index in [1.54, 1.807) is 54.7 Å². The van der Waals surface area contributed by atoms with Gasteiger partial charge >= 0.3 is 0 Å². The number of aromatic nitrogens is 1. The predicted molar refractivity (Wildman–Crippen MR) is 143 cm³/mol. The molecule has 2 heterocycles. The number of aliphatic hydroxyl groups excluding tert-OH is 1. The van der Waals surface area contributed by atoms with E-state index in [9.17, 15) is 14.7 Å². The standard InChI is InChI=1S/C30H28N2O5/c1-3-16-37-22-9-7-8-19(17-22)28(33)26-27(24-18-31-25-11-6-5-10-23(24)25)32(30(35)29(26)34)20-12-14-21(15-13-20)36-4-2/h5-15,17-18,27,31,33H,3-4,16H2,1-2H3/b28-26+. The monoisotopic (exact) mass is 496 g/mol. The molecule has 0 saturated carbocycles. The van der Waals surface area contributed by atoms with Gasteiger partial charge in [-0.3, -0.25) is 14.5 Å². The van der Waals surface area contributed by atoms with Gasteiger partial charge in [0.05, 0.1) is 24.8 Å². The number of carbonyl (C=O) groups is 2. The molecular formula is C30H28N2O5. The molecule has 0 spiro atoms. The molecule has 1 aromatic heterocycles. The lowest BCUT2D eigenvalue weighted by atomic mass is 9.94. The van der Waals surface area contributed by atoms with Crippen molar-refractivity contribution in [3.8, 4) is 11.5 Å². The third-order valence-corrected chi connectivity index (χ3v) is 6.37. The zero-order valence-electron chi connectivity index (χ0n) is 20.7. The van der Waals surface area contributed by atoms with E-state index in [2.05, 4.69) is 4.98 Å². The van der Waals surface area contributed by atoms with E-state index in [-0.39, 0.29) is 11.3 Å². The van der Waals surface area contributed by atoms with Crippen molar-refractivity contribution in [2.75, 3.05) is 18.1 Å². The number of nitrogens with zero attached hydrogens (tertiary/aromatic N) is 1. The van der Waals surface area contributed by atoms with Crippen molar-refractivity contribution in [2.24, 2.45) is 0 Å². The second-order valence-electron chi connectivity index (χ2n) is 8.76. The van der Waals surface area contributed by atoms with Gasteiger partial charge in [0.15, 0.2) is 0 Å². The summed E-state index contributed by atoms with van der Waals surface area (Å²) < 4.78 is 11.3. The van der Waals surface area contributed by atoms with Crippen molar-refractivity contribution in [1.29, 1.82) is 0 Å². The first-order valence-corrected chi connectivity index (χ1v) is 12.4. The third kappa shape index (κ3) is 4.44. The third-order valence-electron chi connectivity index (χ3n) is 6.37. The van der Waals surface area contributed by atoms with Crippen LogP contribution < -0.4 is 14.4 Å². The number of amides is 1. The van der Waals surface area contributed by atoms with E-state index in [0.717, 1.165) is 17.3 Å². The molecule has 0 bridgehead atoms. The highest BCUT2D eigenvalue weighted by molar-refractivity contribution is 6.51. The van der Waals surface area contributed by atoms with Gasteiger partial charge in [-0.25, -0.2) is 0 Å². The van der Waals surface area contributed by atoms with Crippen LogP contribution in [0.1, 0.15) is 37.4 Å². The van der Waals surface area contributed by atoms with Crippen LogP contribution in [-0.2, 0) is 9.59 Å². The first kappa shape index (κ1) is 24.2. The lowest BCUT2D eigenvalue weighted by Gasteiger charge is -2.25. The zero-order valence-corrected chi connectivity index (χ0v) is 20.7. The van der Waals surface area contributed by atoms with Crippen LogP contribution in [0.3, 0.4) is 0 Å². The Bertz CT molecular complexity index is 1490. The topological polar surface area (TPSA) is 91.9 Å². The van der Waals surface area contributed by atoms with Gasteiger partial charge in [-0.15, -0.1) is 0 Å². The molecule has 0 aliphatic carbocycles. The molecule has 1 unspecified atom stereocenters. The molecule has 7 nitrogen and oxygen atoms in total. The minimum Gasteiger partial charge on any atom is -0.507 e. The number of ether oxygens (including phenoxy) is 2. The number of carbonyl (C=O) groups excluding carboxylic acids is 2. The molecule has 3 aromatic carbocycles. The Morgan fingerprint density at radius 3 is 2.49 bits per heavy atom. The normalized spacial score (nSPS) is 16.9. The van der Waals surface area contributed by atoms with Crippen molar-refractivity contribution in [2.45, 2.75) is 26.3 Å². The van der Waals surface area contributed by atoms with Gasteiger partial charge in [-0.2, -0.15) is 0 Å². The fourth-order valence-corrected chi connectivity index (χ4v) is 4.69. The van der Waals surface area contributed by atoms with Crippen LogP contribution in [0.4, 0.5) is 5.69 Å². The van der Waals surface area contributed by atoms with E-state index in [4.69, 9.17) is 9.47 Å². The van der Waals surface area contributed by atoms with Crippen molar-refractivity contribution >= 4 is 34.0 Å². The Morgan fingerprint density at radius 2 is 1.73 bits per heavy atom. The van der Waals surface area contributed by atoms with E-state index in [0.29, 0.717) is 41.5 Å². The van der Waals surface area contributed by atoms with Gasteiger partial charge in [0.2, 0.25) is 0 Å². The largest absolute Gasteiger partial charge is 0.507 e. The SMILES string of the molecule is CCCOc1cccc(/C(O)=C2\C(=O)C(=O)N(c3ccc(OCC)cc3)C2c2c[nH]c3ccccc23)c1. The summed E-state index contributed by atoms with van der Waals surface area (Å²) in [6.45, 7) is 4.95. The molecule has 1 amide bonds. The predicted octanol–water partition coefficient (Wildman–Crippen LogP) is 5.98. The quantitative estimate of drug-likeness (QED) is 0.178. The maximum absolute atomic E-state index is 13.5. The van der Waals surface area contributed by atoms with Crippen LogP contribution in [0, 0.1) is 0 Å². The number of benzene rings is 3. The summed E-state index contributed by atoms with van der Waals surface area (Å²) in [6, 6.07) is 20.8. The molecule has 1 atom stereocenters. The van der Waals surface area contributed by atoms with Gasteiger partial charge < -0.3 is 19.6 Å². The van der Waals surface area contributed by atoms with E-state index in [1.165, 1.54) is 4.90 Å². The molecule has 0 radical (unpaired) electrons. The second-order valence-corrected chi connectivity index (χ2v) is 8.76. The summed E-state index contributed by atoms with van der Waals surface area (Å²) in [5.41, 5.74) is 2.53. The fourth-order valence-electron chi connectivity index (χ4n) is 4.69. The molecule has 188 valence electrons. The Hall–Kier alpha value is -4.52. The summed E-state index contributed by atoms with van der Waals surface area (Å²) in [6.07, 6.45) is 2.63. The van der Waals surface area contributed by atoms with Crippen LogP contribution in [0.15, 0.2) is 84.6 Å². The Kier molecular flexibility index (Phi) is 6.68. The summed E-state index contributed by atoms with van der Waals surface area (Å²) in [7, 11) is 0. The molecule has 4 aromatic rings. The number of H-pyrrole nitrogens is 1. The number of hydrogen-bond acceptors (Lipinski definition) is 5. The van der Waals surface area contributed by atoms with Crippen LogP contribution >= 0.6 is 0 Å². The maximum Gasteiger partial charge on any atom is 0.300 e. The molecule has 1 fully saturated rings. The lowest BCUT2D eigenvalue weighted by molar-refractivity contribution is -0.132. The van der Waals surface area contributed by atoms with Gasteiger partial charge in [0, 0.05) is 33.9 Å². The van der Waals surface area contributed by atoms with E-state index >= 15 is 0 Å². The number of fused-ring (bicyclic) bond motifs is 1. The highest BCUT2D eigenvalue weighted by atomic mass is 16.5. The zero-order chi connectivity index (χ0) is 25.9. The highest BCUT2D eigenvalue weighted by Gasteiger charge is 2.47. The molecule has 37 heavy (non-hydrogen) atoms. The van der Waals surface area contributed by atoms with Gasteiger partial charge in [0.1, 0.15) is 17.3 Å². The molecule has 1 aliphatic heterocycles. The van der Waals surface area contributed by atoms with E-state index in [1.807, 2.05) is 38.1 Å². The Labute approximate surface area is 214 Å². The number of ketones is 1. The minimum atomic E-state index is -0.839. The lowest BCUT2D eigenvalue weighted by Crippen LogP contribution is -2.29. The number of Topliss-reactive ketones (excluding diaryl/α,β-unsaturated/α-hetero) is 1. The Morgan fingerprint density at radius 1 is 0.946 bits per heavy atom. The number of anilines is 1. The van der Waals surface area contributed by atoms with Gasteiger partial charge in [0.25, 0.3) is 11.7 Å². The van der Waals surface area contributed by atoms with Crippen molar-refractivity contribution in [1.82, 2.24) is 4.98 Å². The van der Waals surface area contributed by atoms with Crippen LogP contribution in [0.25, 0.3) is 16.7 Å². The van der Waals surface area contributed by atoms with Crippen LogP contribution in [-0.4, -0.2) is 35.0 Å². The molecule has 5 rings (SSSR count). The van der Waals surface area contributed by atoms with E-state index < -0.39 is 17.7 Å². The number of hydrogen-bond donors (Lipinski definition) is 2. The molecule has 1 aliphatic rings. The first-order chi connectivity index (χ1) is 18.0. The average molecular weight is 497 g/mol.